The van der Waals surface area contributed by atoms with Crippen molar-refractivity contribution in [3.05, 3.63) is 23.2 Å². The second-order valence-corrected chi connectivity index (χ2v) is 3.84. The highest BCUT2D eigenvalue weighted by molar-refractivity contribution is 6.33. The van der Waals surface area contributed by atoms with Gasteiger partial charge in [0.1, 0.15) is 6.61 Å². The molecule has 98 valence electrons. The van der Waals surface area contributed by atoms with Crippen molar-refractivity contribution < 1.29 is 14.3 Å². The quantitative estimate of drug-likeness (QED) is 0.739. The summed E-state index contributed by atoms with van der Waals surface area (Å²) in [7, 11) is 1.42. The topological polar surface area (TPSA) is 93.5 Å². The van der Waals surface area contributed by atoms with E-state index in [1.165, 1.54) is 7.11 Å². The summed E-state index contributed by atoms with van der Waals surface area (Å²) >= 11 is 5.90. The Labute approximate surface area is 109 Å². The number of rotatable bonds is 5. The zero-order valence-electron chi connectivity index (χ0n) is 9.83. The van der Waals surface area contributed by atoms with Crippen LogP contribution in [0.5, 0.6) is 0 Å². The first-order valence-corrected chi connectivity index (χ1v) is 5.53. The maximum Gasteiger partial charge on any atom is 0.250 e. The molecule has 0 aliphatic carbocycles. The molecule has 0 atom stereocenters. The van der Waals surface area contributed by atoms with Crippen LogP contribution >= 0.6 is 11.6 Å². The molecule has 0 unspecified atom stereocenters. The van der Waals surface area contributed by atoms with Gasteiger partial charge in [-0.15, -0.1) is 0 Å². The smallest absolute Gasteiger partial charge is 0.250 e. The van der Waals surface area contributed by atoms with Crippen LogP contribution in [0.1, 0.15) is 0 Å². The maximum atomic E-state index is 11.3. The minimum absolute atomic E-state index is 0.0485. The van der Waals surface area contributed by atoms with E-state index in [2.05, 4.69) is 15.4 Å². The molecule has 0 fully saturated rings. The van der Waals surface area contributed by atoms with E-state index in [0.29, 0.717) is 16.4 Å². The van der Waals surface area contributed by atoms with E-state index in [9.17, 15) is 9.59 Å². The van der Waals surface area contributed by atoms with Gasteiger partial charge in [-0.1, -0.05) is 11.6 Å². The van der Waals surface area contributed by atoms with Crippen molar-refractivity contribution >= 4 is 34.8 Å². The Bertz CT molecular complexity index is 451. The minimum atomic E-state index is -0.364. The maximum absolute atomic E-state index is 11.3. The van der Waals surface area contributed by atoms with Gasteiger partial charge in [0.25, 0.3) is 0 Å². The predicted octanol–water partition coefficient (Wildman–Crippen LogP) is 0.822. The molecule has 0 saturated heterocycles. The molecule has 2 amide bonds. The normalized spacial score (nSPS) is 9.94. The number of hydrogen-bond donors (Lipinski definition) is 3. The Balaban J connectivity index is 2.80. The molecular formula is C11H14ClN3O3. The molecule has 18 heavy (non-hydrogen) atoms. The van der Waals surface area contributed by atoms with Crippen molar-refractivity contribution in [3.8, 4) is 0 Å². The summed E-state index contributed by atoms with van der Waals surface area (Å²) in [5, 5.41) is 5.49. The number of ether oxygens (including phenoxy) is 1. The first-order valence-electron chi connectivity index (χ1n) is 5.15. The summed E-state index contributed by atoms with van der Waals surface area (Å²) in [6, 6.07) is 4.73. The first kappa shape index (κ1) is 14.4. The monoisotopic (exact) mass is 271 g/mol. The number of carbonyl (C=O) groups excluding carboxylic acids is 2. The largest absolute Gasteiger partial charge is 0.375 e. The SMILES string of the molecule is COCC(=O)Nc1ccc(Cl)c(NC(=O)CN)c1. The molecule has 1 aromatic carbocycles. The third-order valence-electron chi connectivity index (χ3n) is 1.99. The van der Waals surface area contributed by atoms with Crippen molar-refractivity contribution in [2.45, 2.75) is 0 Å². The number of amides is 2. The van der Waals surface area contributed by atoms with Gasteiger partial charge < -0.3 is 21.1 Å². The van der Waals surface area contributed by atoms with Crippen molar-refractivity contribution in [1.29, 1.82) is 0 Å². The van der Waals surface area contributed by atoms with Gasteiger partial charge in [-0.05, 0) is 18.2 Å². The number of nitrogens with two attached hydrogens (primary N) is 1. The molecule has 1 aromatic rings. The summed E-state index contributed by atoms with van der Waals surface area (Å²) in [6.45, 7) is -0.191. The summed E-state index contributed by atoms with van der Waals surface area (Å²) in [5.74, 6) is -0.659. The highest BCUT2D eigenvalue weighted by Gasteiger charge is 2.07. The van der Waals surface area contributed by atoms with Crippen LogP contribution in [0, 0.1) is 0 Å². The zero-order valence-corrected chi connectivity index (χ0v) is 10.6. The number of methoxy groups -OCH3 is 1. The molecule has 6 nitrogen and oxygen atoms in total. The lowest BCUT2D eigenvalue weighted by atomic mass is 10.2. The van der Waals surface area contributed by atoms with Crippen LogP contribution in [0.2, 0.25) is 5.02 Å². The summed E-state index contributed by atoms with van der Waals surface area (Å²) < 4.78 is 4.69. The van der Waals surface area contributed by atoms with E-state index in [1.807, 2.05) is 0 Å². The Morgan fingerprint density at radius 2 is 2.06 bits per heavy atom. The second-order valence-electron chi connectivity index (χ2n) is 3.43. The second kappa shape index (κ2) is 6.95. The number of benzene rings is 1. The van der Waals surface area contributed by atoms with Crippen molar-refractivity contribution in [3.63, 3.8) is 0 Å². The van der Waals surface area contributed by atoms with Gasteiger partial charge in [0.05, 0.1) is 17.3 Å². The van der Waals surface area contributed by atoms with E-state index in [0.717, 1.165) is 0 Å². The Morgan fingerprint density at radius 1 is 1.33 bits per heavy atom. The Kier molecular flexibility index (Phi) is 5.57. The van der Waals surface area contributed by atoms with E-state index in [1.54, 1.807) is 18.2 Å². The fourth-order valence-corrected chi connectivity index (χ4v) is 1.39. The molecule has 0 spiro atoms. The van der Waals surface area contributed by atoms with Crippen LogP contribution < -0.4 is 16.4 Å². The van der Waals surface area contributed by atoms with Gasteiger partial charge in [-0.2, -0.15) is 0 Å². The molecule has 4 N–H and O–H groups in total. The molecule has 0 aromatic heterocycles. The zero-order chi connectivity index (χ0) is 13.5. The molecule has 0 aliphatic heterocycles. The fraction of sp³-hybridized carbons (Fsp3) is 0.273. The van der Waals surface area contributed by atoms with Crippen LogP contribution in [-0.4, -0.2) is 32.1 Å². The van der Waals surface area contributed by atoms with E-state index >= 15 is 0 Å². The Hall–Kier alpha value is -1.63. The molecule has 0 aliphatic rings. The number of anilines is 2. The van der Waals surface area contributed by atoms with Crippen molar-refractivity contribution in [2.75, 3.05) is 30.9 Å². The molecule has 1 rings (SSSR count). The molecule has 0 radical (unpaired) electrons. The van der Waals surface area contributed by atoms with E-state index in [4.69, 9.17) is 17.3 Å². The number of carbonyl (C=O) groups is 2. The van der Waals surface area contributed by atoms with Gasteiger partial charge in [0, 0.05) is 12.8 Å². The van der Waals surface area contributed by atoms with Gasteiger partial charge in [0.2, 0.25) is 11.8 Å². The lowest BCUT2D eigenvalue weighted by Gasteiger charge is -2.09. The van der Waals surface area contributed by atoms with E-state index < -0.39 is 0 Å². The van der Waals surface area contributed by atoms with Gasteiger partial charge >= 0.3 is 0 Å². The van der Waals surface area contributed by atoms with Gasteiger partial charge in [-0.25, -0.2) is 0 Å². The standard InChI is InChI=1S/C11H14ClN3O3/c1-18-6-11(17)14-7-2-3-8(12)9(4-7)15-10(16)5-13/h2-4H,5-6,13H2,1H3,(H,14,17)(H,15,16). The highest BCUT2D eigenvalue weighted by Crippen LogP contribution is 2.25. The van der Waals surface area contributed by atoms with Crippen LogP contribution in [0.15, 0.2) is 18.2 Å². The van der Waals surface area contributed by atoms with E-state index in [-0.39, 0.29) is 25.0 Å². The van der Waals surface area contributed by atoms with Crippen LogP contribution in [0.3, 0.4) is 0 Å². The van der Waals surface area contributed by atoms with Crippen molar-refractivity contribution in [1.82, 2.24) is 0 Å². The third-order valence-corrected chi connectivity index (χ3v) is 2.31. The lowest BCUT2D eigenvalue weighted by molar-refractivity contribution is -0.119. The number of halogens is 1. The molecular weight excluding hydrogens is 258 g/mol. The molecule has 0 saturated carbocycles. The summed E-state index contributed by atoms with van der Waals surface area (Å²) in [4.78, 5) is 22.5. The van der Waals surface area contributed by atoms with Crippen LogP contribution in [0.25, 0.3) is 0 Å². The fourth-order valence-electron chi connectivity index (χ4n) is 1.23. The average molecular weight is 272 g/mol. The molecule has 7 heteroatoms. The first-order chi connectivity index (χ1) is 8.56. The molecule has 0 bridgehead atoms. The predicted molar refractivity (Wildman–Crippen MR) is 69.6 cm³/mol. The third kappa shape index (κ3) is 4.33. The van der Waals surface area contributed by atoms with Gasteiger partial charge in [-0.3, -0.25) is 9.59 Å². The van der Waals surface area contributed by atoms with Crippen LogP contribution in [-0.2, 0) is 14.3 Å². The summed E-state index contributed by atoms with van der Waals surface area (Å²) in [5.41, 5.74) is 6.09. The van der Waals surface area contributed by atoms with Crippen LogP contribution in [0.4, 0.5) is 11.4 Å². The summed E-state index contributed by atoms with van der Waals surface area (Å²) in [6.07, 6.45) is 0. The minimum Gasteiger partial charge on any atom is -0.375 e. The number of hydrogen-bond acceptors (Lipinski definition) is 4. The lowest BCUT2D eigenvalue weighted by Crippen LogP contribution is -2.22. The average Bonchev–Trinajstić information content (AvgIpc) is 2.33. The Morgan fingerprint density at radius 3 is 2.67 bits per heavy atom. The number of nitrogens with one attached hydrogen (secondary N) is 2. The highest BCUT2D eigenvalue weighted by atomic mass is 35.5. The van der Waals surface area contributed by atoms with Crippen molar-refractivity contribution in [2.24, 2.45) is 5.73 Å². The molecule has 0 heterocycles. The van der Waals surface area contributed by atoms with Gasteiger partial charge in [0.15, 0.2) is 0 Å².